The Bertz CT molecular complexity index is 2600. The van der Waals surface area contributed by atoms with Crippen molar-refractivity contribution >= 4 is 40.9 Å². The third kappa shape index (κ3) is 8.09. The molecule has 0 saturated heterocycles. The second-order valence-corrected chi connectivity index (χ2v) is 17.8. The Kier molecular flexibility index (Phi) is 11.8. The van der Waals surface area contributed by atoms with E-state index in [4.69, 9.17) is 26.4 Å². The van der Waals surface area contributed by atoms with Crippen molar-refractivity contribution in [3.8, 4) is 34.5 Å². The molecule has 4 aliphatic heterocycles. The first kappa shape index (κ1) is 44.0. The fourth-order valence-corrected chi connectivity index (χ4v) is 9.36. The number of carboxylic acid groups (broad SMARTS) is 1. The van der Waals surface area contributed by atoms with Crippen LogP contribution >= 0.6 is 12.2 Å². The van der Waals surface area contributed by atoms with Crippen molar-refractivity contribution in [2.75, 3.05) is 11.9 Å². The van der Waals surface area contributed by atoms with E-state index in [1.54, 1.807) is 30.3 Å². The zero-order valence-corrected chi connectivity index (χ0v) is 36.8. The maximum Gasteiger partial charge on any atom is 0.340 e. The van der Waals surface area contributed by atoms with Crippen molar-refractivity contribution in [1.29, 1.82) is 0 Å². The summed E-state index contributed by atoms with van der Waals surface area (Å²) in [6.45, 7) is 8.28. The summed E-state index contributed by atoms with van der Waals surface area (Å²) < 4.78 is 18.7. The van der Waals surface area contributed by atoms with Gasteiger partial charge in [-0.05, 0) is 121 Å². The van der Waals surface area contributed by atoms with E-state index in [9.17, 15) is 39.9 Å². The molecule has 0 unspecified atom stereocenters. The predicted octanol–water partition coefficient (Wildman–Crippen LogP) is 8.07. The topological polar surface area (TPSA) is 207 Å². The van der Waals surface area contributed by atoms with Crippen LogP contribution in [0.4, 0.5) is 5.69 Å². The lowest BCUT2D eigenvalue weighted by molar-refractivity contribution is -0.142. The van der Waals surface area contributed by atoms with Crippen LogP contribution in [0.1, 0.15) is 115 Å². The Morgan fingerprint density at radius 1 is 0.906 bits per heavy atom. The molecule has 1 spiro atoms. The van der Waals surface area contributed by atoms with E-state index in [0.29, 0.717) is 58.5 Å². The van der Waals surface area contributed by atoms with Crippen molar-refractivity contribution in [2.45, 2.75) is 103 Å². The summed E-state index contributed by atoms with van der Waals surface area (Å²) in [5.41, 5.74) is 3.43. The molecule has 0 aromatic heterocycles. The van der Waals surface area contributed by atoms with Crippen LogP contribution in [0.25, 0.3) is 0 Å². The van der Waals surface area contributed by atoms with Gasteiger partial charge in [0.1, 0.15) is 46.1 Å². The van der Waals surface area contributed by atoms with Gasteiger partial charge in [0.15, 0.2) is 10.7 Å². The second kappa shape index (κ2) is 17.2. The standard InChI is InChI=1S/C49H51N3O11S/c1-26(2)8-5-9-27(3)10-6-18-48(4)42(56)24-33-39(55)23-31-34(43(33)62-48)25-52(44(31)57)38(45(58)59)11-7-19-50-47(64)51-28-12-15-35-32(20-28)46(60)63-49(35)36-16-13-29(53)21-40(36)61-41-22-30(54)14-17-37(41)49/h8,10,12-17,20-23,38,42,53-56H,5-7,9,11,18-19,24-25H2,1-4H3,(H,58,59)(H2,50,51,64)/b27-10+/t38-,42-,48-/m0/s1. The number of aromatic hydroxyl groups is 3. The lowest BCUT2D eigenvalue weighted by atomic mass is 9.77. The molecule has 0 aliphatic carbocycles. The second-order valence-electron chi connectivity index (χ2n) is 17.4. The first-order valence-electron chi connectivity index (χ1n) is 21.3. The van der Waals surface area contributed by atoms with E-state index >= 15 is 0 Å². The van der Waals surface area contributed by atoms with E-state index in [1.165, 1.54) is 46.4 Å². The zero-order chi connectivity index (χ0) is 45.7. The summed E-state index contributed by atoms with van der Waals surface area (Å²) in [5.74, 6) is -1.74. The third-order valence-electron chi connectivity index (χ3n) is 12.6. The van der Waals surface area contributed by atoms with Gasteiger partial charge in [-0.3, -0.25) is 4.79 Å². The highest BCUT2D eigenvalue weighted by molar-refractivity contribution is 7.80. The minimum atomic E-state index is -1.41. The number of thiocarbonyl (C=S) groups is 1. The number of esters is 1. The number of aliphatic hydroxyl groups excluding tert-OH is 1. The highest BCUT2D eigenvalue weighted by Gasteiger charge is 2.54. The molecule has 15 heteroatoms. The number of carboxylic acids is 1. The molecule has 14 nitrogen and oxygen atoms in total. The number of phenolic OH excluding ortho intramolecular Hbond substituents is 3. The Morgan fingerprint density at radius 2 is 1.59 bits per heavy atom. The van der Waals surface area contributed by atoms with Crippen LogP contribution < -0.4 is 20.1 Å². The first-order valence-corrected chi connectivity index (χ1v) is 21.7. The molecular weight excluding hydrogens is 839 g/mol. The largest absolute Gasteiger partial charge is 0.508 e. The number of fused-ring (bicyclic) bond motifs is 9. The van der Waals surface area contributed by atoms with Gasteiger partial charge in [-0.15, -0.1) is 0 Å². The number of carbonyl (C=O) groups is 3. The van der Waals surface area contributed by atoms with Gasteiger partial charge < -0.3 is 55.3 Å². The number of nitrogens with zero attached hydrogens (tertiary/aromatic N) is 1. The van der Waals surface area contributed by atoms with Gasteiger partial charge >= 0.3 is 11.9 Å². The number of amides is 1. The number of aliphatic carboxylic acids is 1. The van der Waals surface area contributed by atoms with Gasteiger partial charge in [0.05, 0.1) is 23.8 Å². The van der Waals surface area contributed by atoms with Gasteiger partial charge in [0.25, 0.3) is 5.91 Å². The summed E-state index contributed by atoms with van der Waals surface area (Å²) in [7, 11) is 0. The van der Waals surface area contributed by atoms with Crippen LogP contribution in [0.2, 0.25) is 0 Å². The van der Waals surface area contributed by atoms with E-state index < -0.39 is 41.2 Å². The van der Waals surface area contributed by atoms with Crippen LogP contribution in [0.15, 0.2) is 84.0 Å². The number of anilines is 1. The van der Waals surface area contributed by atoms with Gasteiger partial charge in [0.2, 0.25) is 0 Å². The molecule has 0 fully saturated rings. The molecule has 64 heavy (non-hydrogen) atoms. The average molecular weight is 890 g/mol. The number of aliphatic hydroxyl groups is 1. The van der Waals surface area contributed by atoms with Crippen LogP contribution in [-0.4, -0.2) is 77.7 Å². The molecular formula is C49H51N3O11S. The third-order valence-corrected chi connectivity index (χ3v) is 12.8. The molecule has 4 aromatic rings. The van der Waals surface area contributed by atoms with Crippen molar-refractivity contribution in [2.24, 2.45) is 0 Å². The van der Waals surface area contributed by atoms with Crippen molar-refractivity contribution in [3.63, 3.8) is 0 Å². The smallest absolute Gasteiger partial charge is 0.340 e. The van der Waals surface area contributed by atoms with Crippen LogP contribution in [0.3, 0.4) is 0 Å². The number of allylic oxidation sites excluding steroid dienone is 4. The highest BCUT2D eigenvalue weighted by Crippen LogP contribution is 2.57. The molecule has 1 amide bonds. The lowest BCUT2D eigenvalue weighted by Crippen LogP contribution is -2.49. The maximum atomic E-state index is 13.8. The van der Waals surface area contributed by atoms with E-state index in [0.717, 1.165) is 12.8 Å². The van der Waals surface area contributed by atoms with Crippen molar-refractivity contribution in [3.05, 3.63) is 123 Å². The zero-order valence-electron chi connectivity index (χ0n) is 36.0. The minimum Gasteiger partial charge on any atom is -0.508 e. The highest BCUT2D eigenvalue weighted by atomic mass is 32.1. The maximum absolute atomic E-state index is 13.8. The molecule has 4 heterocycles. The summed E-state index contributed by atoms with van der Waals surface area (Å²) in [6, 6.07) is 14.3. The number of ether oxygens (including phenoxy) is 3. The first-order chi connectivity index (χ1) is 30.5. The molecule has 4 aromatic carbocycles. The average Bonchev–Trinajstić information content (AvgIpc) is 3.70. The Balaban J connectivity index is 0.906. The number of rotatable bonds is 13. The molecule has 4 aliphatic rings. The minimum absolute atomic E-state index is 0.0339. The van der Waals surface area contributed by atoms with Crippen LogP contribution in [0, 0.1) is 0 Å². The summed E-state index contributed by atoms with van der Waals surface area (Å²) in [5, 5.41) is 59.3. The lowest BCUT2D eigenvalue weighted by Gasteiger charge is -2.41. The van der Waals surface area contributed by atoms with Crippen molar-refractivity contribution < 1.29 is 54.1 Å². The molecule has 0 radical (unpaired) electrons. The van der Waals surface area contributed by atoms with Crippen LogP contribution in [-0.2, 0) is 28.1 Å². The molecule has 3 atom stereocenters. The number of benzene rings is 4. The number of nitrogens with one attached hydrogen (secondary N) is 2. The number of phenols is 3. The molecule has 334 valence electrons. The SMILES string of the molecule is CC(C)=CCC/C(C)=C/CC[C@]1(C)Oc2c(c(O)cc3c2CN([C@@H](CCCNC(=S)Nc2ccc4c(c2)C(=O)OC42c4ccc(O)cc4Oc4cc(O)ccc42)C(=O)O)C3=O)C[C@@H]1O. The van der Waals surface area contributed by atoms with E-state index in [-0.39, 0.29) is 70.9 Å². The monoisotopic (exact) mass is 889 g/mol. The van der Waals surface area contributed by atoms with Gasteiger partial charge in [-0.1, -0.05) is 29.4 Å². The number of hydrogen-bond acceptors (Lipinski definition) is 11. The fourth-order valence-electron chi connectivity index (χ4n) is 9.14. The van der Waals surface area contributed by atoms with E-state index in [1.807, 2.05) is 6.92 Å². The molecule has 0 saturated carbocycles. The quantitative estimate of drug-likeness (QED) is 0.0293. The normalized spacial score (nSPS) is 19.2. The molecule has 7 N–H and O–H groups in total. The summed E-state index contributed by atoms with van der Waals surface area (Å²) >= 11 is 5.56. The number of carbonyl (C=O) groups excluding carboxylic acids is 2. The van der Waals surface area contributed by atoms with Gasteiger partial charge in [-0.2, -0.15) is 0 Å². The van der Waals surface area contributed by atoms with Crippen molar-refractivity contribution in [1.82, 2.24) is 10.2 Å². The van der Waals surface area contributed by atoms with Gasteiger partial charge in [0, 0.05) is 58.6 Å². The predicted molar refractivity (Wildman–Crippen MR) is 241 cm³/mol. The summed E-state index contributed by atoms with van der Waals surface area (Å²) in [6.07, 6.45) is 7.00. The van der Waals surface area contributed by atoms with E-state index in [2.05, 4.69) is 43.6 Å². The van der Waals surface area contributed by atoms with Gasteiger partial charge in [-0.25, -0.2) is 9.59 Å². The summed E-state index contributed by atoms with van der Waals surface area (Å²) in [4.78, 5) is 41.3. The van der Waals surface area contributed by atoms with Crippen LogP contribution in [0.5, 0.6) is 34.5 Å². The Labute approximate surface area is 375 Å². The Morgan fingerprint density at radius 3 is 2.27 bits per heavy atom. The molecule has 0 bridgehead atoms. The number of hydrogen-bond donors (Lipinski definition) is 7. The molecule has 8 rings (SSSR count). The Hall–Kier alpha value is -6.58. The fraction of sp³-hybridized carbons (Fsp3) is 0.347.